The van der Waals surface area contributed by atoms with Crippen LogP contribution in [0.25, 0.3) is 11.0 Å². The minimum Gasteiger partial charge on any atom is -0.478 e. The van der Waals surface area contributed by atoms with Crippen molar-refractivity contribution in [1.82, 2.24) is 9.55 Å². The highest BCUT2D eigenvalue weighted by Gasteiger charge is 2.17. The molecule has 0 fully saturated rings. The van der Waals surface area contributed by atoms with E-state index >= 15 is 0 Å². The summed E-state index contributed by atoms with van der Waals surface area (Å²) >= 11 is 0. The molecule has 18 heavy (non-hydrogen) atoms. The normalized spacial score (nSPS) is 10.6. The fraction of sp³-hybridized carbons (Fsp3) is 0.250. The summed E-state index contributed by atoms with van der Waals surface area (Å²) in [5, 5.41) is 9.15. The van der Waals surface area contributed by atoms with Crippen LogP contribution in [-0.4, -0.2) is 33.7 Å². The number of imidazole rings is 1. The van der Waals surface area contributed by atoms with Crippen LogP contribution in [0.5, 0.6) is 0 Å². The molecule has 0 atom stereocenters. The lowest BCUT2D eigenvalue weighted by Gasteiger charge is -2.06. The summed E-state index contributed by atoms with van der Waals surface area (Å²) in [5.41, 5.74) is 1.11. The van der Waals surface area contributed by atoms with E-state index < -0.39 is 11.9 Å². The topological polar surface area (TPSA) is 81.4 Å². The molecule has 1 aromatic heterocycles. The molecule has 0 radical (unpaired) electrons. The Labute approximate surface area is 103 Å². The standard InChI is InChI=1S/C12H12N2O4/c1-7-13-9-5-3-4-8(12(16)17)11(9)14(7)6-10(15)18-2/h3-5H,6H2,1-2H3,(H,16,17). The lowest BCUT2D eigenvalue weighted by Crippen LogP contribution is -2.14. The number of aromatic nitrogens is 2. The van der Waals surface area contributed by atoms with Crippen LogP contribution in [0.15, 0.2) is 18.2 Å². The molecule has 1 aromatic carbocycles. The molecule has 6 nitrogen and oxygen atoms in total. The van der Waals surface area contributed by atoms with Crippen LogP contribution < -0.4 is 0 Å². The van der Waals surface area contributed by atoms with E-state index in [1.54, 1.807) is 23.6 Å². The van der Waals surface area contributed by atoms with Gasteiger partial charge in [0.1, 0.15) is 12.4 Å². The largest absolute Gasteiger partial charge is 0.478 e. The number of nitrogens with zero attached hydrogens (tertiary/aromatic N) is 2. The third-order valence-corrected chi connectivity index (χ3v) is 2.70. The SMILES string of the molecule is COC(=O)Cn1c(C)nc2cccc(C(=O)O)c21. The van der Waals surface area contributed by atoms with Crippen molar-refractivity contribution in [2.45, 2.75) is 13.5 Å². The number of para-hydroxylation sites is 1. The van der Waals surface area contributed by atoms with Gasteiger partial charge in [-0.3, -0.25) is 4.79 Å². The zero-order valence-corrected chi connectivity index (χ0v) is 10.0. The quantitative estimate of drug-likeness (QED) is 0.826. The van der Waals surface area contributed by atoms with E-state index in [1.165, 1.54) is 13.2 Å². The molecule has 0 aliphatic rings. The number of carbonyl (C=O) groups is 2. The van der Waals surface area contributed by atoms with Gasteiger partial charge in [0, 0.05) is 0 Å². The van der Waals surface area contributed by atoms with Gasteiger partial charge in [-0.15, -0.1) is 0 Å². The number of rotatable bonds is 3. The second-order valence-corrected chi connectivity index (χ2v) is 3.80. The van der Waals surface area contributed by atoms with Crippen molar-refractivity contribution in [2.75, 3.05) is 7.11 Å². The summed E-state index contributed by atoms with van der Waals surface area (Å²) in [4.78, 5) is 26.7. The number of aromatic carboxylic acids is 1. The minimum absolute atomic E-state index is 0.0525. The molecule has 2 rings (SSSR count). The Bertz CT molecular complexity index is 630. The minimum atomic E-state index is -1.05. The van der Waals surface area contributed by atoms with E-state index in [1.807, 2.05) is 0 Å². The molecular weight excluding hydrogens is 236 g/mol. The number of carboxylic acids is 1. The lowest BCUT2D eigenvalue weighted by molar-refractivity contribution is -0.141. The first kappa shape index (κ1) is 12.1. The summed E-state index contributed by atoms with van der Waals surface area (Å²) in [6, 6.07) is 4.82. The summed E-state index contributed by atoms with van der Waals surface area (Å²) in [5.74, 6) is -0.923. The Morgan fingerprint density at radius 2 is 2.17 bits per heavy atom. The van der Waals surface area contributed by atoms with Gasteiger partial charge >= 0.3 is 11.9 Å². The highest BCUT2D eigenvalue weighted by Crippen LogP contribution is 2.20. The van der Waals surface area contributed by atoms with Gasteiger partial charge in [-0.05, 0) is 19.1 Å². The molecule has 0 aliphatic heterocycles. The Kier molecular flexibility index (Phi) is 3.01. The second-order valence-electron chi connectivity index (χ2n) is 3.80. The molecule has 0 saturated carbocycles. The molecule has 2 aromatic rings. The number of esters is 1. The molecule has 0 unspecified atom stereocenters. The van der Waals surface area contributed by atoms with Gasteiger partial charge in [0.2, 0.25) is 0 Å². The first-order valence-corrected chi connectivity index (χ1v) is 5.30. The van der Waals surface area contributed by atoms with Crippen LogP contribution in [0.1, 0.15) is 16.2 Å². The Balaban J connectivity index is 2.67. The molecule has 0 spiro atoms. The first-order chi connectivity index (χ1) is 8.54. The van der Waals surface area contributed by atoms with Crippen molar-refractivity contribution in [2.24, 2.45) is 0 Å². The molecule has 1 heterocycles. The number of methoxy groups -OCH3 is 1. The average Bonchev–Trinajstić information content (AvgIpc) is 2.65. The molecule has 0 amide bonds. The number of aryl methyl sites for hydroxylation is 1. The van der Waals surface area contributed by atoms with E-state index in [0.29, 0.717) is 16.9 Å². The zero-order valence-electron chi connectivity index (χ0n) is 10.0. The molecule has 94 valence electrons. The number of hydrogen-bond donors (Lipinski definition) is 1. The van der Waals surface area contributed by atoms with Gasteiger partial charge in [-0.1, -0.05) is 6.07 Å². The smallest absolute Gasteiger partial charge is 0.337 e. The fourth-order valence-electron chi connectivity index (χ4n) is 1.86. The van der Waals surface area contributed by atoms with Gasteiger partial charge in [0.05, 0.1) is 23.7 Å². The van der Waals surface area contributed by atoms with Gasteiger partial charge in [0.25, 0.3) is 0 Å². The lowest BCUT2D eigenvalue weighted by atomic mass is 10.2. The van der Waals surface area contributed by atoms with Crippen molar-refractivity contribution in [1.29, 1.82) is 0 Å². The summed E-state index contributed by atoms with van der Waals surface area (Å²) < 4.78 is 6.14. The Hall–Kier alpha value is -2.37. The van der Waals surface area contributed by atoms with E-state index in [-0.39, 0.29) is 12.1 Å². The van der Waals surface area contributed by atoms with Gasteiger partial charge in [0.15, 0.2) is 0 Å². The molecule has 1 N–H and O–H groups in total. The predicted octanol–water partition coefficient (Wildman–Crippen LogP) is 1.22. The molecule has 0 bridgehead atoms. The van der Waals surface area contributed by atoms with Crippen molar-refractivity contribution in [3.63, 3.8) is 0 Å². The maximum absolute atomic E-state index is 11.3. The molecule has 6 heteroatoms. The summed E-state index contributed by atoms with van der Waals surface area (Å²) in [6.45, 7) is 1.66. The number of benzene rings is 1. The van der Waals surface area contributed by atoms with Crippen LogP contribution >= 0.6 is 0 Å². The summed E-state index contributed by atoms with van der Waals surface area (Å²) in [7, 11) is 1.29. The highest BCUT2D eigenvalue weighted by atomic mass is 16.5. The summed E-state index contributed by atoms with van der Waals surface area (Å²) in [6.07, 6.45) is 0. The van der Waals surface area contributed by atoms with Crippen molar-refractivity contribution in [3.8, 4) is 0 Å². The number of ether oxygens (including phenoxy) is 1. The van der Waals surface area contributed by atoms with Crippen molar-refractivity contribution < 1.29 is 19.4 Å². The maximum Gasteiger partial charge on any atom is 0.337 e. The molecule has 0 aliphatic carbocycles. The number of carboxylic acid groups (broad SMARTS) is 1. The molecular formula is C12H12N2O4. The zero-order chi connectivity index (χ0) is 13.3. The van der Waals surface area contributed by atoms with Crippen LogP contribution in [0.4, 0.5) is 0 Å². The number of carbonyl (C=O) groups excluding carboxylic acids is 1. The number of fused-ring (bicyclic) bond motifs is 1. The van der Waals surface area contributed by atoms with Gasteiger partial charge in [-0.25, -0.2) is 9.78 Å². The van der Waals surface area contributed by atoms with Crippen LogP contribution in [0.2, 0.25) is 0 Å². The van der Waals surface area contributed by atoms with Crippen LogP contribution in [0.3, 0.4) is 0 Å². The third-order valence-electron chi connectivity index (χ3n) is 2.70. The van der Waals surface area contributed by atoms with E-state index in [2.05, 4.69) is 9.72 Å². The Morgan fingerprint density at radius 3 is 2.78 bits per heavy atom. The van der Waals surface area contributed by atoms with Crippen molar-refractivity contribution >= 4 is 23.0 Å². The van der Waals surface area contributed by atoms with E-state index in [0.717, 1.165) is 0 Å². The maximum atomic E-state index is 11.3. The monoisotopic (exact) mass is 248 g/mol. The number of hydrogen-bond acceptors (Lipinski definition) is 4. The predicted molar refractivity (Wildman–Crippen MR) is 63.4 cm³/mol. The fourth-order valence-corrected chi connectivity index (χ4v) is 1.86. The van der Waals surface area contributed by atoms with E-state index in [9.17, 15) is 9.59 Å². The second kappa shape index (κ2) is 4.48. The molecule has 0 saturated heterocycles. The third kappa shape index (κ3) is 1.92. The van der Waals surface area contributed by atoms with Gasteiger partial charge < -0.3 is 14.4 Å². The highest BCUT2D eigenvalue weighted by molar-refractivity contribution is 6.01. The van der Waals surface area contributed by atoms with Crippen molar-refractivity contribution in [3.05, 3.63) is 29.6 Å². The average molecular weight is 248 g/mol. The van der Waals surface area contributed by atoms with Gasteiger partial charge in [-0.2, -0.15) is 0 Å². The van der Waals surface area contributed by atoms with Crippen LogP contribution in [-0.2, 0) is 16.1 Å². The first-order valence-electron chi connectivity index (χ1n) is 5.30. The Morgan fingerprint density at radius 1 is 1.44 bits per heavy atom. The van der Waals surface area contributed by atoms with Crippen LogP contribution in [0, 0.1) is 6.92 Å². The van der Waals surface area contributed by atoms with E-state index in [4.69, 9.17) is 5.11 Å².